The van der Waals surface area contributed by atoms with Crippen molar-refractivity contribution in [3.63, 3.8) is 0 Å². The van der Waals surface area contributed by atoms with E-state index >= 15 is 0 Å². The van der Waals surface area contributed by atoms with Crippen LogP contribution in [-0.2, 0) is 13.1 Å². The van der Waals surface area contributed by atoms with Crippen LogP contribution >= 0.6 is 11.3 Å². The molecule has 0 N–H and O–H groups in total. The third-order valence-corrected chi connectivity index (χ3v) is 5.51. The molecule has 3 heterocycles. The highest BCUT2D eigenvalue weighted by atomic mass is 32.1. The summed E-state index contributed by atoms with van der Waals surface area (Å²) in [6.45, 7) is 5.99. The van der Waals surface area contributed by atoms with Crippen molar-refractivity contribution in [1.29, 1.82) is 0 Å². The second-order valence-electron chi connectivity index (χ2n) is 6.04. The number of thiophene rings is 1. The average Bonchev–Trinajstić information content (AvgIpc) is 3.28. The lowest BCUT2D eigenvalue weighted by Gasteiger charge is -2.07. The molecule has 24 heavy (non-hydrogen) atoms. The number of nitrogens with zero attached hydrogens (tertiary/aromatic N) is 2. The average molecular weight is 336 g/mol. The van der Waals surface area contributed by atoms with E-state index in [1.165, 1.54) is 4.83 Å². The Morgan fingerprint density at radius 3 is 2.79 bits per heavy atom. The molecule has 0 radical (unpaired) electrons. The van der Waals surface area contributed by atoms with Crippen LogP contribution in [0.5, 0.6) is 0 Å². The molecular formula is C20H20N2OS. The smallest absolute Gasteiger partial charge is 0.211 e. The van der Waals surface area contributed by atoms with Gasteiger partial charge in [0.05, 0.1) is 5.69 Å². The van der Waals surface area contributed by atoms with Crippen LogP contribution in [0.3, 0.4) is 0 Å². The van der Waals surface area contributed by atoms with Gasteiger partial charge in [0.2, 0.25) is 5.78 Å². The maximum atomic E-state index is 13.3. The first-order valence-corrected chi connectivity index (χ1v) is 9.31. The molecule has 0 saturated heterocycles. The van der Waals surface area contributed by atoms with Gasteiger partial charge < -0.3 is 9.13 Å². The number of hydrogen-bond acceptors (Lipinski definition) is 2. The van der Waals surface area contributed by atoms with Gasteiger partial charge in [-0.15, -0.1) is 11.3 Å². The molecule has 4 rings (SSSR count). The SMILES string of the molecule is CCCn1c(C(=O)c2cn(CC)c3ccccc23)cc2ccsc21. The van der Waals surface area contributed by atoms with E-state index < -0.39 is 0 Å². The van der Waals surface area contributed by atoms with Crippen LogP contribution in [0.25, 0.3) is 21.1 Å². The van der Waals surface area contributed by atoms with E-state index in [9.17, 15) is 4.79 Å². The van der Waals surface area contributed by atoms with Crippen molar-refractivity contribution in [3.8, 4) is 0 Å². The first-order chi connectivity index (χ1) is 11.7. The largest absolute Gasteiger partial charge is 0.347 e. The highest BCUT2D eigenvalue weighted by molar-refractivity contribution is 7.16. The Morgan fingerprint density at radius 2 is 2.00 bits per heavy atom. The number of para-hydroxylation sites is 1. The molecule has 4 heteroatoms. The molecule has 1 aromatic carbocycles. The van der Waals surface area contributed by atoms with E-state index in [0.29, 0.717) is 0 Å². The minimum absolute atomic E-state index is 0.121. The van der Waals surface area contributed by atoms with Gasteiger partial charge in [0, 0.05) is 41.1 Å². The van der Waals surface area contributed by atoms with Crippen molar-refractivity contribution in [2.75, 3.05) is 0 Å². The summed E-state index contributed by atoms with van der Waals surface area (Å²) in [5.41, 5.74) is 2.73. The van der Waals surface area contributed by atoms with Gasteiger partial charge in [-0.25, -0.2) is 0 Å². The first kappa shape index (κ1) is 15.2. The number of aromatic nitrogens is 2. The Balaban J connectivity index is 1.91. The fourth-order valence-corrected chi connectivity index (χ4v) is 4.36. The summed E-state index contributed by atoms with van der Waals surface area (Å²) in [4.78, 5) is 14.5. The summed E-state index contributed by atoms with van der Waals surface area (Å²) in [6.07, 6.45) is 3.02. The van der Waals surface area contributed by atoms with Gasteiger partial charge in [-0.05, 0) is 36.9 Å². The quantitative estimate of drug-likeness (QED) is 0.453. The van der Waals surface area contributed by atoms with E-state index in [-0.39, 0.29) is 5.78 Å². The molecule has 4 aromatic rings. The summed E-state index contributed by atoms with van der Waals surface area (Å²) >= 11 is 1.71. The number of fused-ring (bicyclic) bond motifs is 2. The predicted molar refractivity (Wildman–Crippen MR) is 101 cm³/mol. The lowest BCUT2D eigenvalue weighted by Crippen LogP contribution is -2.09. The van der Waals surface area contributed by atoms with Gasteiger partial charge in [0.25, 0.3) is 0 Å². The van der Waals surface area contributed by atoms with Gasteiger partial charge in [0.1, 0.15) is 4.83 Å². The van der Waals surface area contributed by atoms with Crippen LogP contribution < -0.4 is 0 Å². The fraction of sp³-hybridized carbons (Fsp3) is 0.250. The van der Waals surface area contributed by atoms with Crippen molar-refractivity contribution in [2.45, 2.75) is 33.4 Å². The standard InChI is InChI=1S/C20H20N2OS/c1-3-10-22-18(12-14-9-11-24-20(14)22)19(23)16-13-21(4-2)17-8-6-5-7-15(16)17/h5-9,11-13H,3-4,10H2,1-2H3. The summed E-state index contributed by atoms with van der Waals surface area (Å²) in [5.74, 6) is 0.121. The zero-order valence-electron chi connectivity index (χ0n) is 14.0. The second kappa shape index (κ2) is 5.95. The molecule has 0 bridgehead atoms. The Bertz CT molecular complexity index is 1030. The molecule has 0 unspecified atom stereocenters. The molecule has 0 aliphatic rings. The summed E-state index contributed by atoms with van der Waals surface area (Å²) in [6, 6.07) is 12.3. The molecule has 0 spiro atoms. The molecule has 3 aromatic heterocycles. The minimum atomic E-state index is 0.121. The first-order valence-electron chi connectivity index (χ1n) is 8.44. The number of hydrogen-bond donors (Lipinski definition) is 0. The van der Waals surface area contributed by atoms with Crippen LogP contribution in [0.2, 0.25) is 0 Å². The van der Waals surface area contributed by atoms with Crippen LogP contribution in [0.15, 0.2) is 48.0 Å². The van der Waals surface area contributed by atoms with Crippen molar-refractivity contribution in [3.05, 3.63) is 59.2 Å². The zero-order valence-corrected chi connectivity index (χ0v) is 14.8. The fourth-order valence-electron chi connectivity index (χ4n) is 3.44. The number of aryl methyl sites for hydroxylation is 2. The lowest BCUT2D eigenvalue weighted by molar-refractivity contribution is 0.103. The number of carbonyl (C=O) groups excluding carboxylic acids is 1. The molecular weight excluding hydrogens is 316 g/mol. The molecule has 0 fully saturated rings. The zero-order chi connectivity index (χ0) is 16.7. The summed E-state index contributed by atoms with van der Waals surface area (Å²) in [7, 11) is 0. The topological polar surface area (TPSA) is 26.9 Å². The normalized spacial score (nSPS) is 11.6. The highest BCUT2D eigenvalue weighted by Gasteiger charge is 2.21. The Labute approximate surface area is 145 Å². The van der Waals surface area contributed by atoms with E-state index in [1.807, 2.05) is 30.5 Å². The van der Waals surface area contributed by atoms with Gasteiger partial charge in [-0.1, -0.05) is 25.1 Å². The highest BCUT2D eigenvalue weighted by Crippen LogP contribution is 2.29. The third kappa shape index (κ3) is 2.21. The monoisotopic (exact) mass is 336 g/mol. The number of ketones is 1. The third-order valence-electron chi connectivity index (χ3n) is 4.56. The van der Waals surface area contributed by atoms with Crippen LogP contribution in [0.4, 0.5) is 0 Å². The van der Waals surface area contributed by atoms with Crippen LogP contribution in [-0.4, -0.2) is 14.9 Å². The maximum absolute atomic E-state index is 13.3. The van der Waals surface area contributed by atoms with E-state index in [0.717, 1.165) is 47.1 Å². The lowest BCUT2D eigenvalue weighted by atomic mass is 10.1. The molecule has 3 nitrogen and oxygen atoms in total. The number of carbonyl (C=O) groups is 1. The molecule has 0 aliphatic carbocycles. The van der Waals surface area contributed by atoms with Crippen LogP contribution in [0, 0.1) is 0 Å². The molecule has 0 amide bonds. The van der Waals surface area contributed by atoms with Crippen molar-refractivity contribution in [1.82, 2.24) is 9.13 Å². The molecule has 0 aliphatic heterocycles. The van der Waals surface area contributed by atoms with Crippen molar-refractivity contribution < 1.29 is 4.79 Å². The number of benzene rings is 1. The van der Waals surface area contributed by atoms with Crippen LogP contribution in [0.1, 0.15) is 36.3 Å². The van der Waals surface area contributed by atoms with E-state index in [2.05, 4.69) is 40.5 Å². The van der Waals surface area contributed by atoms with E-state index in [4.69, 9.17) is 0 Å². The van der Waals surface area contributed by atoms with Gasteiger partial charge in [-0.2, -0.15) is 0 Å². The Hall–Kier alpha value is -2.33. The molecule has 0 saturated carbocycles. The van der Waals surface area contributed by atoms with Gasteiger partial charge in [0.15, 0.2) is 0 Å². The summed E-state index contributed by atoms with van der Waals surface area (Å²) in [5, 5.41) is 4.29. The predicted octanol–water partition coefficient (Wildman–Crippen LogP) is 5.32. The van der Waals surface area contributed by atoms with Gasteiger partial charge >= 0.3 is 0 Å². The van der Waals surface area contributed by atoms with Crippen molar-refractivity contribution >= 4 is 38.2 Å². The van der Waals surface area contributed by atoms with Crippen molar-refractivity contribution in [2.24, 2.45) is 0 Å². The van der Waals surface area contributed by atoms with E-state index in [1.54, 1.807) is 11.3 Å². The van der Waals surface area contributed by atoms with Gasteiger partial charge in [-0.3, -0.25) is 4.79 Å². The number of rotatable bonds is 5. The molecule has 122 valence electrons. The maximum Gasteiger partial charge on any atom is 0.211 e. The Kier molecular flexibility index (Phi) is 3.77. The Morgan fingerprint density at radius 1 is 1.17 bits per heavy atom. The minimum Gasteiger partial charge on any atom is -0.347 e. The summed E-state index contributed by atoms with van der Waals surface area (Å²) < 4.78 is 4.33. The molecule has 0 atom stereocenters. The second-order valence-corrected chi connectivity index (χ2v) is 6.93.